The molecule has 1 atom stereocenters. The van der Waals surface area contributed by atoms with Crippen molar-refractivity contribution >= 4 is 21.7 Å². The lowest BCUT2D eigenvalue weighted by atomic mass is 10.1. The van der Waals surface area contributed by atoms with Crippen LogP contribution in [0.4, 0.5) is 0 Å². The Morgan fingerprint density at radius 1 is 1.19 bits per heavy atom. The van der Waals surface area contributed by atoms with Crippen molar-refractivity contribution in [2.45, 2.75) is 42.9 Å². The van der Waals surface area contributed by atoms with Crippen LogP contribution in [-0.2, 0) is 24.2 Å². The molecule has 1 rings (SSSR count). The predicted octanol–water partition coefficient (Wildman–Crippen LogP) is 0.232. The molecular weight excluding hydrogens is 358 g/mol. The molecule has 0 aliphatic rings. The van der Waals surface area contributed by atoms with Crippen LogP contribution in [0.25, 0.3) is 0 Å². The Balaban J connectivity index is 3.13. The number of nitrogens with one attached hydrogen (secondary N) is 1. The summed E-state index contributed by atoms with van der Waals surface area (Å²) in [7, 11) is -4.18. The number of esters is 1. The van der Waals surface area contributed by atoms with Crippen molar-refractivity contribution < 1.29 is 22.7 Å². The molecule has 0 radical (unpaired) electrons. The number of rotatable bonds is 10. The van der Waals surface area contributed by atoms with Crippen molar-refractivity contribution in [1.82, 2.24) is 5.32 Å². The first-order chi connectivity index (χ1) is 12.2. The lowest BCUT2D eigenvalue weighted by molar-refractivity contribution is -0.143. The second kappa shape index (κ2) is 9.65. The normalized spacial score (nSPS) is 13.7. The number of unbranched alkanes of at least 4 members (excludes halogenated alkanes) is 1. The van der Waals surface area contributed by atoms with Gasteiger partial charge in [0.1, 0.15) is 6.54 Å². The van der Waals surface area contributed by atoms with E-state index in [1.165, 1.54) is 12.1 Å². The van der Waals surface area contributed by atoms with Crippen LogP contribution in [0, 0.1) is 6.92 Å². The van der Waals surface area contributed by atoms with Crippen LogP contribution in [0.3, 0.4) is 0 Å². The summed E-state index contributed by atoms with van der Waals surface area (Å²) in [5.41, 5.74) is 12.4. The summed E-state index contributed by atoms with van der Waals surface area (Å²) >= 11 is 0. The van der Waals surface area contributed by atoms with Gasteiger partial charge in [-0.25, -0.2) is 8.42 Å². The van der Waals surface area contributed by atoms with E-state index in [1.54, 1.807) is 19.1 Å². The molecular formula is C17H27N3O5S. The third-order valence-corrected chi connectivity index (χ3v) is 6.14. The zero-order chi connectivity index (χ0) is 19.8. The Kier molecular flexibility index (Phi) is 8.19. The summed E-state index contributed by atoms with van der Waals surface area (Å²) in [6.45, 7) is 3.50. The van der Waals surface area contributed by atoms with Gasteiger partial charge in [0, 0.05) is 0 Å². The standard InChI is InChI=1S/C17H27N3O5S/c1-3-25-15(21)12-20-16(22)17(19,10-4-5-11-18)26(23,24)14-8-6-13(2)7-9-14/h6-9H,3-5,10-12,18-19H2,1-2H3,(H,20,22)/t17-/m1/s1. The number of amides is 1. The van der Waals surface area contributed by atoms with E-state index in [4.69, 9.17) is 16.2 Å². The maximum atomic E-state index is 13.0. The van der Waals surface area contributed by atoms with Crippen LogP contribution in [0.15, 0.2) is 29.2 Å². The number of nitrogens with two attached hydrogens (primary N) is 2. The third kappa shape index (κ3) is 5.26. The van der Waals surface area contributed by atoms with Crippen LogP contribution in [0.5, 0.6) is 0 Å². The van der Waals surface area contributed by atoms with E-state index in [-0.39, 0.29) is 17.9 Å². The van der Waals surface area contributed by atoms with Crippen molar-refractivity contribution in [3.63, 3.8) is 0 Å². The van der Waals surface area contributed by atoms with Crippen molar-refractivity contribution in [2.24, 2.45) is 11.5 Å². The van der Waals surface area contributed by atoms with Gasteiger partial charge in [0.05, 0.1) is 11.5 Å². The number of aryl methyl sites for hydroxylation is 1. The van der Waals surface area contributed by atoms with Crippen molar-refractivity contribution in [1.29, 1.82) is 0 Å². The van der Waals surface area contributed by atoms with E-state index in [2.05, 4.69) is 5.32 Å². The molecule has 1 amide bonds. The minimum atomic E-state index is -4.18. The average Bonchev–Trinajstić information content (AvgIpc) is 2.60. The number of hydrogen-bond acceptors (Lipinski definition) is 7. The molecule has 0 saturated carbocycles. The molecule has 0 aliphatic heterocycles. The van der Waals surface area contributed by atoms with Gasteiger partial charge in [-0.05, 0) is 51.8 Å². The molecule has 8 nitrogen and oxygen atoms in total. The van der Waals surface area contributed by atoms with Crippen LogP contribution in [0.2, 0.25) is 0 Å². The smallest absolute Gasteiger partial charge is 0.325 e. The molecule has 26 heavy (non-hydrogen) atoms. The minimum absolute atomic E-state index is 0.0513. The summed E-state index contributed by atoms with van der Waals surface area (Å²) in [5.74, 6) is -1.61. The van der Waals surface area contributed by atoms with Gasteiger partial charge in [0.25, 0.3) is 5.91 Å². The lowest BCUT2D eigenvalue weighted by Crippen LogP contribution is -2.59. The van der Waals surface area contributed by atoms with E-state index >= 15 is 0 Å². The number of ether oxygens (including phenoxy) is 1. The maximum Gasteiger partial charge on any atom is 0.325 e. The Morgan fingerprint density at radius 2 is 1.81 bits per heavy atom. The third-order valence-electron chi connectivity index (χ3n) is 3.90. The number of hydrogen-bond donors (Lipinski definition) is 3. The summed E-state index contributed by atoms with van der Waals surface area (Å²) in [4.78, 5) is 21.8. The second-order valence-corrected chi connectivity index (χ2v) is 8.15. The van der Waals surface area contributed by atoms with Gasteiger partial charge in [-0.3, -0.25) is 9.59 Å². The highest BCUT2D eigenvalue weighted by molar-refractivity contribution is 7.93. The van der Waals surface area contributed by atoms with Crippen molar-refractivity contribution in [2.75, 3.05) is 19.7 Å². The topological polar surface area (TPSA) is 142 Å². The molecule has 0 saturated heterocycles. The highest BCUT2D eigenvalue weighted by Gasteiger charge is 2.47. The molecule has 5 N–H and O–H groups in total. The van der Waals surface area contributed by atoms with Gasteiger partial charge in [0.2, 0.25) is 14.7 Å². The Labute approximate surface area is 154 Å². The van der Waals surface area contributed by atoms with Crippen LogP contribution in [0.1, 0.15) is 31.7 Å². The van der Waals surface area contributed by atoms with E-state index in [9.17, 15) is 18.0 Å². The molecule has 0 unspecified atom stereocenters. The quantitative estimate of drug-likeness (QED) is 0.387. The SMILES string of the molecule is CCOC(=O)CNC(=O)[C@@](N)(CCCCN)S(=O)(=O)c1ccc(C)cc1. The van der Waals surface area contributed by atoms with E-state index in [0.29, 0.717) is 19.4 Å². The summed E-state index contributed by atoms with van der Waals surface area (Å²) in [6, 6.07) is 6.08. The van der Waals surface area contributed by atoms with Gasteiger partial charge in [-0.2, -0.15) is 0 Å². The Morgan fingerprint density at radius 3 is 2.35 bits per heavy atom. The summed E-state index contributed by atoms with van der Waals surface area (Å²) in [5, 5.41) is 2.27. The molecule has 0 heterocycles. The number of sulfone groups is 1. The first kappa shape index (κ1) is 22.1. The number of carbonyl (C=O) groups excluding carboxylic acids is 2. The number of carbonyl (C=O) groups is 2. The molecule has 0 aromatic heterocycles. The van der Waals surface area contributed by atoms with Gasteiger partial charge in [-0.15, -0.1) is 0 Å². The monoisotopic (exact) mass is 385 g/mol. The minimum Gasteiger partial charge on any atom is -0.465 e. The fraction of sp³-hybridized carbons (Fsp3) is 0.529. The number of benzene rings is 1. The van der Waals surface area contributed by atoms with E-state index in [1.807, 2.05) is 6.92 Å². The van der Waals surface area contributed by atoms with E-state index < -0.39 is 33.1 Å². The van der Waals surface area contributed by atoms with E-state index in [0.717, 1.165) is 5.56 Å². The molecule has 0 fully saturated rings. The highest BCUT2D eigenvalue weighted by atomic mass is 32.2. The molecule has 0 bridgehead atoms. The lowest BCUT2D eigenvalue weighted by Gasteiger charge is -2.28. The molecule has 0 aliphatic carbocycles. The second-order valence-electron chi connectivity index (χ2n) is 5.94. The summed E-state index contributed by atoms with van der Waals surface area (Å²) in [6.07, 6.45) is 0.757. The zero-order valence-corrected chi connectivity index (χ0v) is 16.0. The molecule has 0 spiro atoms. The fourth-order valence-corrected chi connectivity index (χ4v) is 3.99. The van der Waals surface area contributed by atoms with Crippen LogP contribution in [-0.4, -0.2) is 44.9 Å². The van der Waals surface area contributed by atoms with Crippen molar-refractivity contribution in [3.05, 3.63) is 29.8 Å². The van der Waals surface area contributed by atoms with Gasteiger partial charge in [0.15, 0.2) is 0 Å². The van der Waals surface area contributed by atoms with Crippen LogP contribution >= 0.6 is 0 Å². The maximum absolute atomic E-state index is 13.0. The average molecular weight is 385 g/mol. The molecule has 1 aromatic carbocycles. The van der Waals surface area contributed by atoms with Crippen molar-refractivity contribution in [3.8, 4) is 0 Å². The van der Waals surface area contributed by atoms with Gasteiger partial charge >= 0.3 is 5.97 Å². The fourth-order valence-electron chi connectivity index (χ4n) is 2.34. The van der Waals surface area contributed by atoms with Gasteiger partial charge in [-0.1, -0.05) is 17.7 Å². The molecule has 9 heteroatoms. The first-order valence-electron chi connectivity index (χ1n) is 8.43. The Hall–Kier alpha value is -1.97. The first-order valence-corrected chi connectivity index (χ1v) is 9.91. The molecule has 1 aromatic rings. The molecule has 146 valence electrons. The highest BCUT2D eigenvalue weighted by Crippen LogP contribution is 2.27. The van der Waals surface area contributed by atoms with Crippen LogP contribution < -0.4 is 16.8 Å². The van der Waals surface area contributed by atoms with Gasteiger partial charge < -0.3 is 21.5 Å². The summed E-state index contributed by atoms with van der Waals surface area (Å²) < 4.78 is 30.8. The largest absolute Gasteiger partial charge is 0.465 e. The predicted molar refractivity (Wildman–Crippen MR) is 97.8 cm³/mol. The Bertz CT molecular complexity index is 718. The zero-order valence-electron chi connectivity index (χ0n) is 15.2.